The van der Waals surface area contributed by atoms with E-state index in [1.165, 1.54) is 0 Å². The number of amides is 2. The van der Waals surface area contributed by atoms with E-state index < -0.39 is 0 Å². The Bertz CT molecular complexity index is 958. The molecule has 1 fully saturated rings. The van der Waals surface area contributed by atoms with Gasteiger partial charge in [-0.05, 0) is 37.1 Å². The van der Waals surface area contributed by atoms with Crippen LogP contribution in [0.15, 0.2) is 54.7 Å². The smallest absolute Gasteiger partial charge is 0.290 e. The van der Waals surface area contributed by atoms with Crippen molar-refractivity contribution < 1.29 is 9.59 Å². The number of anilines is 1. The monoisotopic (exact) mass is 348 g/mol. The van der Waals surface area contributed by atoms with E-state index in [0.717, 1.165) is 31.6 Å². The highest BCUT2D eigenvalue weighted by atomic mass is 16.2. The second-order valence-corrected chi connectivity index (χ2v) is 6.44. The Labute approximate surface area is 151 Å². The lowest BCUT2D eigenvalue weighted by Crippen LogP contribution is -2.29. The van der Waals surface area contributed by atoms with Crippen molar-refractivity contribution in [3.8, 4) is 0 Å². The van der Waals surface area contributed by atoms with Gasteiger partial charge in [0.25, 0.3) is 11.8 Å². The van der Waals surface area contributed by atoms with Gasteiger partial charge in [-0.25, -0.2) is 4.98 Å². The number of para-hydroxylation sites is 1. The predicted octanol–water partition coefficient (Wildman–Crippen LogP) is 2.85. The number of pyridine rings is 1. The van der Waals surface area contributed by atoms with Crippen molar-refractivity contribution >= 4 is 23.0 Å². The molecule has 1 aromatic carbocycles. The lowest BCUT2D eigenvalue weighted by atomic mass is 10.2. The van der Waals surface area contributed by atoms with Crippen LogP contribution in [-0.4, -0.2) is 46.2 Å². The maximum atomic E-state index is 13.0. The Morgan fingerprint density at radius 2 is 1.69 bits per heavy atom. The molecular weight excluding hydrogens is 328 g/mol. The molecule has 1 saturated heterocycles. The summed E-state index contributed by atoms with van der Waals surface area (Å²) in [4.78, 5) is 33.7. The van der Waals surface area contributed by atoms with Crippen molar-refractivity contribution in [3.63, 3.8) is 0 Å². The van der Waals surface area contributed by atoms with Crippen LogP contribution in [0.5, 0.6) is 0 Å². The molecule has 2 amide bonds. The van der Waals surface area contributed by atoms with E-state index in [9.17, 15) is 9.59 Å². The van der Waals surface area contributed by atoms with Crippen molar-refractivity contribution in [2.75, 3.05) is 25.0 Å². The Balaban J connectivity index is 1.76. The number of likely N-dealkylation sites (tertiary alicyclic amines) is 1. The minimum atomic E-state index is -0.236. The summed E-state index contributed by atoms with van der Waals surface area (Å²) in [5.41, 5.74) is 1.71. The van der Waals surface area contributed by atoms with Gasteiger partial charge in [-0.2, -0.15) is 0 Å². The SMILES string of the molecule is CN(C(=O)c1nc(C(=O)N2CCCC2)n2ccccc12)c1ccccc1. The van der Waals surface area contributed by atoms with Crippen LogP contribution in [-0.2, 0) is 0 Å². The van der Waals surface area contributed by atoms with Crippen LogP contribution in [0, 0.1) is 0 Å². The first-order valence-electron chi connectivity index (χ1n) is 8.76. The maximum Gasteiger partial charge on any atom is 0.290 e. The van der Waals surface area contributed by atoms with Crippen LogP contribution in [0.25, 0.3) is 5.52 Å². The van der Waals surface area contributed by atoms with Crippen molar-refractivity contribution in [1.29, 1.82) is 0 Å². The van der Waals surface area contributed by atoms with Gasteiger partial charge in [-0.1, -0.05) is 24.3 Å². The molecule has 0 spiro atoms. The van der Waals surface area contributed by atoms with E-state index in [1.807, 2.05) is 48.5 Å². The summed E-state index contributed by atoms with van der Waals surface area (Å²) in [6.45, 7) is 1.49. The average molecular weight is 348 g/mol. The van der Waals surface area contributed by atoms with Crippen molar-refractivity contribution in [2.45, 2.75) is 12.8 Å². The average Bonchev–Trinajstić information content (AvgIpc) is 3.35. The molecular formula is C20H20N4O2. The van der Waals surface area contributed by atoms with Crippen molar-refractivity contribution in [2.24, 2.45) is 0 Å². The largest absolute Gasteiger partial charge is 0.336 e. The summed E-state index contributed by atoms with van der Waals surface area (Å²) < 4.78 is 1.72. The molecule has 0 radical (unpaired) electrons. The third-order valence-electron chi connectivity index (χ3n) is 4.78. The molecule has 0 atom stereocenters. The Kier molecular flexibility index (Phi) is 4.16. The van der Waals surface area contributed by atoms with Crippen LogP contribution >= 0.6 is 0 Å². The van der Waals surface area contributed by atoms with E-state index >= 15 is 0 Å². The Morgan fingerprint density at radius 1 is 1.00 bits per heavy atom. The second kappa shape index (κ2) is 6.63. The zero-order valence-corrected chi connectivity index (χ0v) is 14.6. The maximum absolute atomic E-state index is 13.0. The molecule has 6 nitrogen and oxygen atoms in total. The number of imidazole rings is 1. The van der Waals surface area contributed by atoms with Crippen LogP contribution < -0.4 is 4.90 Å². The van der Waals surface area contributed by atoms with E-state index in [2.05, 4.69) is 4.98 Å². The Morgan fingerprint density at radius 3 is 2.42 bits per heavy atom. The fraction of sp³-hybridized carbons (Fsp3) is 0.250. The minimum absolute atomic E-state index is 0.120. The lowest BCUT2D eigenvalue weighted by molar-refractivity contribution is 0.0780. The third kappa shape index (κ3) is 2.73. The highest BCUT2D eigenvalue weighted by Gasteiger charge is 2.28. The van der Waals surface area contributed by atoms with Gasteiger partial charge >= 0.3 is 0 Å². The first kappa shape index (κ1) is 16.3. The summed E-state index contributed by atoms with van der Waals surface area (Å²) >= 11 is 0. The molecule has 1 aliphatic heterocycles. The van der Waals surface area contributed by atoms with Gasteiger partial charge in [0.15, 0.2) is 5.69 Å². The standard InChI is InChI=1S/C20H20N4O2/c1-22(15-9-3-2-4-10-15)19(25)17-16-11-5-6-14-24(16)18(21-17)20(26)23-12-7-8-13-23/h2-6,9-11,14H,7-8,12-13H2,1H3. The molecule has 0 aliphatic carbocycles. The molecule has 3 aromatic rings. The first-order chi connectivity index (χ1) is 12.7. The number of hydrogen-bond acceptors (Lipinski definition) is 3. The van der Waals surface area contributed by atoms with Gasteiger partial charge in [0.05, 0.1) is 5.52 Å². The van der Waals surface area contributed by atoms with Gasteiger partial charge in [-0.3, -0.25) is 14.0 Å². The number of fused-ring (bicyclic) bond motifs is 1. The molecule has 26 heavy (non-hydrogen) atoms. The summed E-state index contributed by atoms with van der Waals surface area (Å²) in [5, 5.41) is 0. The fourth-order valence-corrected chi connectivity index (χ4v) is 3.34. The number of carbonyl (C=O) groups excluding carboxylic acids is 2. The number of benzene rings is 1. The number of carbonyl (C=O) groups is 2. The van der Waals surface area contributed by atoms with E-state index in [4.69, 9.17) is 0 Å². The molecule has 0 saturated carbocycles. The molecule has 0 unspecified atom stereocenters. The van der Waals surface area contributed by atoms with Gasteiger partial charge in [0.2, 0.25) is 5.82 Å². The summed E-state index contributed by atoms with van der Waals surface area (Å²) in [5.74, 6) is -0.0576. The van der Waals surface area contributed by atoms with Gasteiger partial charge in [0, 0.05) is 32.0 Å². The molecule has 132 valence electrons. The number of hydrogen-bond donors (Lipinski definition) is 0. The molecule has 3 heterocycles. The van der Waals surface area contributed by atoms with Crippen molar-refractivity contribution in [1.82, 2.24) is 14.3 Å². The predicted molar refractivity (Wildman–Crippen MR) is 99.5 cm³/mol. The molecule has 6 heteroatoms. The summed E-state index contributed by atoms with van der Waals surface area (Å²) in [7, 11) is 1.72. The van der Waals surface area contributed by atoms with Gasteiger partial charge < -0.3 is 9.80 Å². The first-order valence-corrected chi connectivity index (χ1v) is 8.76. The molecule has 0 N–H and O–H groups in total. The third-order valence-corrected chi connectivity index (χ3v) is 4.78. The van der Waals surface area contributed by atoms with Crippen LogP contribution in [0.4, 0.5) is 5.69 Å². The molecule has 0 bridgehead atoms. The highest BCUT2D eigenvalue weighted by Crippen LogP contribution is 2.21. The number of nitrogens with zero attached hydrogens (tertiary/aromatic N) is 4. The number of aromatic nitrogens is 2. The summed E-state index contributed by atoms with van der Waals surface area (Å²) in [6.07, 6.45) is 3.81. The zero-order valence-electron chi connectivity index (χ0n) is 14.6. The molecule has 4 rings (SSSR count). The van der Waals surface area contributed by atoms with E-state index in [0.29, 0.717) is 17.0 Å². The molecule has 2 aromatic heterocycles. The van der Waals surface area contributed by atoms with Crippen LogP contribution in [0.2, 0.25) is 0 Å². The second-order valence-electron chi connectivity index (χ2n) is 6.44. The van der Waals surface area contributed by atoms with E-state index in [-0.39, 0.29) is 11.8 Å². The topological polar surface area (TPSA) is 57.9 Å². The lowest BCUT2D eigenvalue weighted by Gasteiger charge is -2.16. The Hall–Kier alpha value is -3.15. The fourth-order valence-electron chi connectivity index (χ4n) is 3.34. The highest BCUT2D eigenvalue weighted by molar-refractivity contribution is 6.10. The molecule has 1 aliphatic rings. The minimum Gasteiger partial charge on any atom is -0.336 e. The number of rotatable bonds is 3. The normalized spacial score (nSPS) is 14.0. The van der Waals surface area contributed by atoms with Crippen molar-refractivity contribution in [3.05, 3.63) is 66.2 Å². The zero-order chi connectivity index (χ0) is 18.1. The van der Waals surface area contributed by atoms with Gasteiger partial charge in [0.1, 0.15) is 0 Å². The van der Waals surface area contributed by atoms with Gasteiger partial charge in [-0.15, -0.1) is 0 Å². The quantitative estimate of drug-likeness (QED) is 0.731. The summed E-state index contributed by atoms with van der Waals surface area (Å²) in [6, 6.07) is 14.9. The van der Waals surface area contributed by atoms with Crippen LogP contribution in [0.3, 0.4) is 0 Å². The van der Waals surface area contributed by atoms with Crippen LogP contribution in [0.1, 0.15) is 33.9 Å². The van der Waals surface area contributed by atoms with E-state index in [1.54, 1.807) is 27.4 Å².